The van der Waals surface area contributed by atoms with Gasteiger partial charge in [0.25, 0.3) is 0 Å². The molecule has 1 unspecified atom stereocenters. The third-order valence-electron chi connectivity index (χ3n) is 3.66. The van der Waals surface area contributed by atoms with Crippen molar-refractivity contribution in [3.05, 3.63) is 36.0 Å². The van der Waals surface area contributed by atoms with Crippen molar-refractivity contribution >= 4 is 11.8 Å². The predicted molar refractivity (Wildman–Crippen MR) is 76.2 cm³/mol. The molecule has 0 amide bonds. The number of ether oxygens (including phenoxy) is 1. The number of aliphatic hydroxyl groups is 1. The molecule has 2 aromatic rings. The molecule has 3 atom stereocenters. The Morgan fingerprint density at radius 1 is 1.33 bits per heavy atom. The predicted octanol–water partition coefficient (Wildman–Crippen LogP) is 1.69. The highest BCUT2D eigenvalue weighted by molar-refractivity contribution is 7.99. The van der Waals surface area contributed by atoms with Gasteiger partial charge in [0.15, 0.2) is 6.10 Å². The number of para-hydroxylation sites is 1. The van der Waals surface area contributed by atoms with Gasteiger partial charge in [-0.05, 0) is 18.6 Å². The molecule has 2 aliphatic heterocycles. The molecule has 1 aromatic carbocycles. The highest BCUT2D eigenvalue weighted by Gasteiger charge is 2.31. The summed E-state index contributed by atoms with van der Waals surface area (Å²) in [5.74, 6) is 2.71. The summed E-state index contributed by atoms with van der Waals surface area (Å²) in [4.78, 5) is 5.57. The maximum absolute atomic E-state index is 9.55. The molecule has 1 aromatic heterocycles. The molecule has 2 N–H and O–H groups in total. The molecule has 1 fully saturated rings. The zero-order valence-electron chi connectivity index (χ0n) is 11.2. The van der Waals surface area contributed by atoms with E-state index in [9.17, 15) is 5.11 Å². The van der Waals surface area contributed by atoms with Crippen molar-refractivity contribution in [3.8, 4) is 5.75 Å². The lowest BCUT2D eigenvalue weighted by Crippen LogP contribution is -2.17. The van der Waals surface area contributed by atoms with E-state index in [1.54, 1.807) is 11.8 Å². The third kappa shape index (κ3) is 2.52. The Balaban J connectivity index is 1.52. The molecule has 0 spiro atoms. The summed E-state index contributed by atoms with van der Waals surface area (Å²) in [5, 5.41) is 16.7. The Kier molecular flexibility index (Phi) is 3.33. The van der Waals surface area contributed by atoms with Crippen LogP contribution in [0, 0.1) is 0 Å². The lowest BCUT2D eigenvalue weighted by Gasteiger charge is -2.22. The molecule has 110 valence electrons. The second kappa shape index (κ2) is 5.32. The Hall–Kier alpha value is -1.57. The minimum Gasteiger partial charge on any atom is -0.480 e. The first-order chi connectivity index (χ1) is 10.3. The maximum atomic E-state index is 9.55. The standard InChI is InChI=1S/C14H15N3O3S/c18-8-5-9(15-6-8)14-16-13(17-20-14)11-7-21-12-4-2-1-3-10(12)19-11/h1-4,8-9,11,15,18H,5-7H2/t8-,9+,11?/m1/s1. The minimum absolute atomic E-state index is 0.0650. The van der Waals surface area contributed by atoms with Gasteiger partial charge in [0, 0.05) is 17.2 Å². The molecule has 1 saturated heterocycles. The molecule has 3 heterocycles. The van der Waals surface area contributed by atoms with Crippen molar-refractivity contribution in [1.29, 1.82) is 0 Å². The SMILES string of the molecule is O[C@H]1CN[C@H](c2nc(C3CSc4ccccc4O3)no2)C1. The van der Waals surface area contributed by atoms with Crippen LogP contribution in [-0.2, 0) is 0 Å². The van der Waals surface area contributed by atoms with E-state index in [4.69, 9.17) is 9.26 Å². The monoisotopic (exact) mass is 305 g/mol. The Labute approximate surface area is 125 Å². The molecule has 7 heteroatoms. The lowest BCUT2D eigenvalue weighted by atomic mass is 10.2. The number of hydrogen-bond acceptors (Lipinski definition) is 7. The van der Waals surface area contributed by atoms with Crippen molar-refractivity contribution in [2.45, 2.75) is 29.6 Å². The van der Waals surface area contributed by atoms with Crippen LogP contribution < -0.4 is 10.1 Å². The fraction of sp³-hybridized carbons (Fsp3) is 0.429. The van der Waals surface area contributed by atoms with Gasteiger partial charge >= 0.3 is 0 Å². The van der Waals surface area contributed by atoms with Gasteiger partial charge < -0.3 is 19.7 Å². The van der Waals surface area contributed by atoms with E-state index in [2.05, 4.69) is 15.5 Å². The molecule has 0 saturated carbocycles. The number of fused-ring (bicyclic) bond motifs is 1. The van der Waals surface area contributed by atoms with Crippen LogP contribution in [0.5, 0.6) is 5.75 Å². The Bertz CT molecular complexity index is 648. The molecule has 2 aliphatic rings. The van der Waals surface area contributed by atoms with E-state index in [0.717, 1.165) is 16.4 Å². The highest BCUT2D eigenvalue weighted by atomic mass is 32.2. The number of aliphatic hydroxyl groups excluding tert-OH is 1. The number of β-amino-alcohol motifs (C(OH)–C–C–N with tert-alkyl or cyclic N) is 1. The number of nitrogens with zero attached hydrogens (tertiary/aromatic N) is 2. The molecule has 4 rings (SSSR count). The van der Waals surface area contributed by atoms with Crippen LogP contribution in [0.25, 0.3) is 0 Å². The first kappa shape index (κ1) is 13.1. The van der Waals surface area contributed by atoms with Gasteiger partial charge in [0.05, 0.1) is 12.1 Å². The quantitative estimate of drug-likeness (QED) is 0.874. The first-order valence-corrected chi connectivity index (χ1v) is 7.91. The van der Waals surface area contributed by atoms with Crippen LogP contribution in [0.3, 0.4) is 0 Å². The third-order valence-corrected chi connectivity index (χ3v) is 4.78. The normalized spacial score (nSPS) is 28.1. The van der Waals surface area contributed by atoms with Crippen LogP contribution in [0.15, 0.2) is 33.7 Å². The van der Waals surface area contributed by atoms with Crippen molar-refractivity contribution in [3.63, 3.8) is 0 Å². The van der Waals surface area contributed by atoms with Gasteiger partial charge in [-0.2, -0.15) is 4.98 Å². The maximum Gasteiger partial charge on any atom is 0.244 e. The summed E-state index contributed by atoms with van der Waals surface area (Å²) in [6, 6.07) is 7.88. The smallest absolute Gasteiger partial charge is 0.244 e. The van der Waals surface area contributed by atoms with E-state index < -0.39 is 0 Å². The van der Waals surface area contributed by atoms with Gasteiger partial charge in [0.2, 0.25) is 11.7 Å². The summed E-state index contributed by atoms with van der Waals surface area (Å²) in [7, 11) is 0. The van der Waals surface area contributed by atoms with Crippen LogP contribution in [0.2, 0.25) is 0 Å². The molecule has 0 aliphatic carbocycles. The van der Waals surface area contributed by atoms with Crippen LogP contribution >= 0.6 is 11.8 Å². The van der Waals surface area contributed by atoms with E-state index in [-0.39, 0.29) is 18.2 Å². The summed E-state index contributed by atoms with van der Waals surface area (Å²) >= 11 is 1.73. The fourth-order valence-corrected chi connectivity index (χ4v) is 3.55. The highest BCUT2D eigenvalue weighted by Crippen LogP contribution is 2.39. The number of aromatic nitrogens is 2. The average Bonchev–Trinajstić information content (AvgIpc) is 3.15. The van der Waals surface area contributed by atoms with E-state index in [1.807, 2.05) is 24.3 Å². The number of nitrogens with one attached hydrogen (secondary N) is 1. The van der Waals surface area contributed by atoms with E-state index in [0.29, 0.717) is 24.7 Å². The van der Waals surface area contributed by atoms with Crippen molar-refractivity contribution < 1.29 is 14.4 Å². The molecule has 0 radical (unpaired) electrons. The van der Waals surface area contributed by atoms with Crippen LogP contribution in [-0.4, -0.2) is 33.6 Å². The first-order valence-electron chi connectivity index (χ1n) is 6.93. The molecule has 0 bridgehead atoms. The zero-order valence-corrected chi connectivity index (χ0v) is 12.0. The van der Waals surface area contributed by atoms with Gasteiger partial charge in [-0.15, -0.1) is 11.8 Å². The number of benzene rings is 1. The molecular formula is C14H15N3O3S. The summed E-state index contributed by atoms with van der Waals surface area (Å²) < 4.78 is 11.3. The summed E-state index contributed by atoms with van der Waals surface area (Å²) in [6.45, 7) is 0.561. The second-order valence-corrected chi connectivity index (χ2v) is 6.27. The van der Waals surface area contributed by atoms with Crippen molar-refractivity contribution in [1.82, 2.24) is 15.5 Å². The number of thioether (sulfide) groups is 1. The molecule has 21 heavy (non-hydrogen) atoms. The largest absolute Gasteiger partial charge is 0.480 e. The molecule has 6 nitrogen and oxygen atoms in total. The number of rotatable bonds is 2. The van der Waals surface area contributed by atoms with E-state index in [1.165, 1.54) is 0 Å². The van der Waals surface area contributed by atoms with Gasteiger partial charge in [-0.25, -0.2) is 0 Å². The fourth-order valence-electron chi connectivity index (χ4n) is 2.57. The van der Waals surface area contributed by atoms with Crippen LogP contribution in [0.1, 0.15) is 30.3 Å². The van der Waals surface area contributed by atoms with Crippen molar-refractivity contribution in [2.24, 2.45) is 0 Å². The second-order valence-electron chi connectivity index (χ2n) is 5.21. The Morgan fingerprint density at radius 3 is 3.10 bits per heavy atom. The zero-order chi connectivity index (χ0) is 14.2. The van der Waals surface area contributed by atoms with E-state index >= 15 is 0 Å². The summed E-state index contributed by atoms with van der Waals surface area (Å²) in [5.41, 5.74) is 0. The lowest BCUT2D eigenvalue weighted by molar-refractivity contribution is 0.190. The summed E-state index contributed by atoms with van der Waals surface area (Å²) in [6.07, 6.45) is 0.0533. The van der Waals surface area contributed by atoms with Gasteiger partial charge in [-0.1, -0.05) is 17.3 Å². The molecular weight excluding hydrogens is 290 g/mol. The topological polar surface area (TPSA) is 80.4 Å². The average molecular weight is 305 g/mol. The minimum atomic E-state index is -0.348. The van der Waals surface area contributed by atoms with Crippen molar-refractivity contribution in [2.75, 3.05) is 12.3 Å². The van der Waals surface area contributed by atoms with Gasteiger partial charge in [-0.3, -0.25) is 0 Å². The van der Waals surface area contributed by atoms with Gasteiger partial charge in [0.1, 0.15) is 5.75 Å². The Morgan fingerprint density at radius 2 is 2.24 bits per heavy atom. The number of hydrogen-bond donors (Lipinski definition) is 2. The van der Waals surface area contributed by atoms with Crippen LogP contribution in [0.4, 0.5) is 0 Å².